The van der Waals surface area contributed by atoms with Crippen LogP contribution < -0.4 is 0 Å². The maximum absolute atomic E-state index is 8.05. The van der Waals surface area contributed by atoms with Crippen molar-refractivity contribution in [1.29, 1.82) is 0 Å². The molecule has 2 radical (unpaired) electrons. The molecule has 1 aliphatic carbocycles. The first-order chi connectivity index (χ1) is 11.9. The van der Waals surface area contributed by atoms with Crippen molar-refractivity contribution in [2.45, 2.75) is 79.6 Å². The summed E-state index contributed by atoms with van der Waals surface area (Å²) in [4.78, 5) is 0. The predicted octanol–water partition coefficient (Wildman–Crippen LogP) is 9.25. The van der Waals surface area contributed by atoms with Crippen molar-refractivity contribution >= 4 is 38.1 Å². The van der Waals surface area contributed by atoms with Crippen LogP contribution in [-0.4, -0.2) is 7.63 Å². The van der Waals surface area contributed by atoms with Gasteiger partial charge in [-0.15, -0.1) is 36.9 Å². The van der Waals surface area contributed by atoms with E-state index in [1.54, 1.807) is 19.2 Å². The number of allylic oxidation sites excluding steroid dienone is 4. The molecular formula is C25H44Cl2NSiTi-5. The first kappa shape index (κ1) is 43.8. The number of hydrogen-bond acceptors (Lipinski definition) is 0. The Kier molecular flexibility index (Phi) is 32.4. The van der Waals surface area contributed by atoms with E-state index in [1.165, 1.54) is 11.5 Å². The number of nitrogens with one attached hydrogen (secondary N) is 1. The second kappa shape index (κ2) is 22.2. The van der Waals surface area contributed by atoms with Gasteiger partial charge in [0.25, 0.3) is 0 Å². The fourth-order valence-corrected chi connectivity index (χ4v) is 2.00. The van der Waals surface area contributed by atoms with Gasteiger partial charge in [-0.1, -0.05) is 65.3 Å². The number of halogens is 2. The van der Waals surface area contributed by atoms with Gasteiger partial charge in [0.2, 0.25) is 0 Å². The molecule has 0 atom stereocenters. The zero-order valence-electron chi connectivity index (χ0n) is 21.0. The summed E-state index contributed by atoms with van der Waals surface area (Å²) < 4.78 is 0. The van der Waals surface area contributed by atoms with Gasteiger partial charge in [0, 0.05) is 0 Å². The SMILES string of the molecule is CC(C)(C)c1ccc(C(C)(C)C)c([NH-])c1.C[C-](C)C.Cl.Cl.[C-]1=CC=CC1.[CH3-].[CH3-].[Si]=[Ti]. The minimum atomic E-state index is 0. The molecular weight excluding hydrogens is 461 g/mol. The Balaban J connectivity index is -0.0000000811. The first-order valence-corrected chi connectivity index (χ1v) is 11.8. The number of hydrogen-bond donors (Lipinski definition) is 0. The summed E-state index contributed by atoms with van der Waals surface area (Å²) in [7, 11) is 2.97. The molecule has 1 N–H and O–H groups in total. The fourth-order valence-electron chi connectivity index (χ4n) is 2.00. The number of rotatable bonds is 0. The zero-order valence-corrected chi connectivity index (χ0v) is 25.2. The van der Waals surface area contributed by atoms with Gasteiger partial charge in [-0.05, 0) is 16.4 Å². The Hall–Kier alpha value is 0.0112. The molecule has 0 unspecified atom stereocenters. The summed E-state index contributed by atoms with van der Waals surface area (Å²) in [6, 6.07) is 6.25. The van der Waals surface area contributed by atoms with Gasteiger partial charge >= 0.3 is 26.8 Å². The summed E-state index contributed by atoms with van der Waals surface area (Å²) in [5, 5.41) is 0. The van der Waals surface area contributed by atoms with Gasteiger partial charge in [-0.2, -0.15) is 26.8 Å². The van der Waals surface area contributed by atoms with Crippen LogP contribution in [0.3, 0.4) is 0 Å². The van der Waals surface area contributed by atoms with Crippen LogP contribution >= 0.6 is 24.8 Å². The Bertz CT molecular complexity index is 559. The van der Waals surface area contributed by atoms with Crippen molar-refractivity contribution in [3.8, 4) is 0 Å². The molecule has 0 aromatic heterocycles. The molecule has 0 saturated heterocycles. The summed E-state index contributed by atoms with van der Waals surface area (Å²) in [6.45, 7) is 19.2. The van der Waals surface area contributed by atoms with Gasteiger partial charge in [-0.25, -0.2) is 12.2 Å². The van der Waals surface area contributed by atoms with Crippen molar-refractivity contribution < 1.29 is 19.2 Å². The van der Waals surface area contributed by atoms with E-state index in [4.69, 9.17) is 5.73 Å². The molecule has 0 heterocycles. The zero-order chi connectivity index (χ0) is 21.0. The van der Waals surface area contributed by atoms with Crippen LogP contribution in [-0.2, 0) is 30.0 Å². The Labute approximate surface area is 216 Å². The van der Waals surface area contributed by atoms with Crippen LogP contribution in [0.4, 0.5) is 5.69 Å². The van der Waals surface area contributed by atoms with E-state index in [0.29, 0.717) is 5.69 Å². The van der Waals surface area contributed by atoms with Crippen molar-refractivity contribution in [2.75, 3.05) is 0 Å². The maximum atomic E-state index is 8.05. The third-order valence-corrected chi connectivity index (χ3v) is 3.28. The number of benzene rings is 1. The van der Waals surface area contributed by atoms with E-state index in [1.807, 2.05) is 18.2 Å². The van der Waals surface area contributed by atoms with Crippen LogP contribution in [0.15, 0.2) is 36.4 Å². The summed E-state index contributed by atoms with van der Waals surface area (Å²) >= 11 is 1.81. The minimum absolute atomic E-state index is 0. The van der Waals surface area contributed by atoms with Gasteiger partial charge < -0.3 is 26.5 Å². The second-order valence-corrected chi connectivity index (χ2v) is 8.76. The van der Waals surface area contributed by atoms with E-state index in [9.17, 15) is 0 Å². The van der Waals surface area contributed by atoms with Gasteiger partial charge in [-0.3, -0.25) is 6.08 Å². The molecule has 0 spiro atoms. The van der Waals surface area contributed by atoms with Gasteiger partial charge in [0.1, 0.15) is 0 Å². The van der Waals surface area contributed by atoms with E-state index < -0.39 is 0 Å². The fraction of sp³-hybridized carbons (Fsp3) is 0.480. The van der Waals surface area contributed by atoms with E-state index in [0.717, 1.165) is 12.0 Å². The molecule has 0 bridgehead atoms. The third kappa shape index (κ3) is 22.7. The quantitative estimate of drug-likeness (QED) is 0.248. The summed E-state index contributed by atoms with van der Waals surface area (Å²) in [5.74, 6) is 1.42. The molecule has 1 aliphatic rings. The van der Waals surface area contributed by atoms with Crippen molar-refractivity contribution in [3.63, 3.8) is 0 Å². The molecule has 0 fully saturated rings. The van der Waals surface area contributed by atoms with Crippen molar-refractivity contribution in [3.05, 3.63) is 80.1 Å². The molecule has 5 heteroatoms. The molecule has 1 aromatic carbocycles. The molecule has 30 heavy (non-hydrogen) atoms. The van der Waals surface area contributed by atoms with Gasteiger partial charge in [0.05, 0.1) is 0 Å². The second-order valence-electron chi connectivity index (χ2n) is 8.76. The Morgan fingerprint density at radius 2 is 1.37 bits per heavy atom. The topological polar surface area (TPSA) is 23.8 Å². The summed E-state index contributed by atoms with van der Waals surface area (Å²) in [6.07, 6.45) is 10.0. The monoisotopic (exact) mass is 504 g/mol. The molecule has 176 valence electrons. The molecule has 0 amide bonds. The molecule has 0 aliphatic heterocycles. The van der Waals surface area contributed by atoms with E-state index in [2.05, 4.69) is 94.2 Å². The Morgan fingerprint density at radius 3 is 1.57 bits per heavy atom. The van der Waals surface area contributed by atoms with E-state index >= 15 is 0 Å². The molecule has 2 rings (SSSR count). The van der Waals surface area contributed by atoms with E-state index in [-0.39, 0.29) is 50.5 Å². The summed E-state index contributed by atoms with van der Waals surface area (Å²) in [5.41, 5.74) is 11.3. The van der Waals surface area contributed by atoms with Gasteiger partial charge in [0.15, 0.2) is 0 Å². The molecule has 1 nitrogen and oxygen atoms in total. The average molecular weight is 505 g/mol. The van der Waals surface area contributed by atoms with Crippen LogP contribution in [0.25, 0.3) is 5.73 Å². The normalized spacial score (nSPS) is 10.7. The molecule has 1 aromatic rings. The van der Waals surface area contributed by atoms with Crippen molar-refractivity contribution in [1.82, 2.24) is 0 Å². The van der Waals surface area contributed by atoms with Crippen LogP contribution in [0, 0.1) is 26.8 Å². The average Bonchev–Trinajstić information content (AvgIpc) is 3.06. The van der Waals surface area contributed by atoms with Crippen molar-refractivity contribution in [2.24, 2.45) is 0 Å². The molecule has 0 saturated carbocycles. The first-order valence-electron chi connectivity index (χ1n) is 8.96. The van der Waals surface area contributed by atoms with Crippen LogP contribution in [0.2, 0.25) is 0 Å². The van der Waals surface area contributed by atoms with Crippen LogP contribution in [0.5, 0.6) is 0 Å². The van der Waals surface area contributed by atoms with Crippen LogP contribution in [0.1, 0.15) is 79.9 Å². The predicted molar refractivity (Wildman–Crippen MR) is 143 cm³/mol. The Morgan fingerprint density at radius 1 is 0.933 bits per heavy atom. The third-order valence-electron chi connectivity index (χ3n) is 3.28. The standard InChI is InChI=1S/C14H22N.C5H5.C4H9.2CH3.2ClH.Si.Ti/c1-13(2,3)10-7-8-11(12(15)9-10)14(4,5)6;1-2-4-5-3-1;1-4(2)3;;;;;;/h7-9,15H,1-6H3;1-3H,4H2;1-3H3;2*1H3;2*1H;;/q5*-1;;;;.